The van der Waals surface area contributed by atoms with Gasteiger partial charge in [0.25, 0.3) is 0 Å². The molecule has 0 aromatic heterocycles. The Kier molecular flexibility index (Phi) is 9.75. The molecule has 1 fully saturated rings. The average molecular weight is 463 g/mol. The van der Waals surface area contributed by atoms with Crippen molar-refractivity contribution < 1.29 is 44.8 Å². The highest BCUT2D eigenvalue weighted by Gasteiger charge is 2.64. The van der Waals surface area contributed by atoms with Gasteiger partial charge in [-0.25, -0.2) is 4.79 Å². The maximum Gasteiger partial charge on any atom is 0.431 e. The van der Waals surface area contributed by atoms with Crippen molar-refractivity contribution in [3.8, 4) is 0 Å². The lowest BCUT2D eigenvalue weighted by Gasteiger charge is -2.31. The van der Waals surface area contributed by atoms with Crippen LogP contribution < -0.4 is 0 Å². The fourth-order valence-corrected chi connectivity index (χ4v) is 3.67. The van der Waals surface area contributed by atoms with Gasteiger partial charge in [-0.1, -0.05) is 25.8 Å². The van der Waals surface area contributed by atoms with E-state index in [-0.39, 0.29) is 25.2 Å². The number of carbonyl (C=O) groups is 1. The normalized spacial score (nSPS) is 18.3. The van der Waals surface area contributed by atoms with Crippen molar-refractivity contribution in [2.45, 2.75) is 87.9 Å². The van der Waals surface area contributed by atoms with Gasteiger partial charge in [0, 0.05) is 13.0 Å². The quantitative estimate of drug-likeness (QED) is 0.155. The first-order valence-corrected chi connectivity index (χ1v) is 11.4. The third-order valence-electron chi connectivity index (χ3n) is 5.09. The molecule has 1 aliphatic rings. The zero-order valence-electron chi connectivity index (χ0n) is 17.1. The number of carbonyl (C=O) groups excluding carboxylic acids is 1. The van der Waals surface area contributed by atoms with E-state index in [0.717, 1.165) is 38.5 Å². The van der Waals surface area contributed by atoms with Gasteiger partial charge >= 0.3 is 27.3 Å². The summed E-state index contributed by atoms with van der Waals surface area (Å²) in [6.07, 6.45) is 4.78. The number of esters is 1. The molecule has 0 amide bonds. The van der Waals surface area contributed by atoms with Gasteiger partial charge in [0.05, 0.1) is 12.2 Å². The van der Waals surface area contributed by atoms with Crippen LogP contribution in [-0.2, 0) is 24.4 Å². The second-order valence-electron chi connectivity index (χ2n) is 7.92. The van der Waals surface area contributed by atoms with E-state index in [4.69, 9.17) is 14.0 Å². The molecular formula is C19H30F4O6S. The summed E-state index contributed by atoms with van der Waals surface area (Å²) in [4.78, 5) is 12.2. The summed E-state index contributed by atoms with van der Waals surface area (Å²) >= 11 is 0. The summed E-state index contributed by atoms with van der Waals surface area (Å²) in [6, 6.07) is 0. The highest BCUT2D eigenvalue weighted by atomic mass is 32.2. The monoisotopic (exact) mass is 462 g/mol. The smallest absolute Gasteiger partial charge is 0.431 e. The molecule has 0 aliphatic heterocycles. The van der Waals surface area contributed by atoms with Gasteiger partial charge in [-0.15, -0.1) is 0 Å². The Labute approximate surface area is 174 Å². The number of hydrogen-bond donors (Lipinski definition) is 1. The summed E-state index contributed by atoms with van der Waals surface area (Å²) in [5.41, 5.74) is -0.508. The third-order valence-corrected chi connectivity index (χ3v) is 6.04. The van der Waals surface area contributed by atoms with Crippen LogP contribution >= 0.6 is 0 Å². The number of rotatable bonds is 11. The van der Waals surface area contributed by atoms with Gasteiger partial charge in [-0.3, -0.25) is 4.55 Å². The Morgan fingerprint density at radius 1 is 1.07 bits per heavy atom. The van der Waals surface area contributed by atoms with E-state index in [0.29, 0.717) is 0 Å². The molecule has 0 aromatic carbocycles. The molecule has 1 rings (SSSR count). The predicted molar refractivity (Wildman–Crippen MR) is 102 cm³/mol. The van der Waals surface area contributed by atoms with Crippen molar-refractivity contribution in [3.05, 3.63) is 12.2 Å². The molecule has 0 bridgehead atoms. The lowest BCUT2D eigenvalue weighted by molar-refractivity contribution is -0.165. The van der Waals surface area contributed by atoms with Crippen LogP contribution in [0.3, 0.4) is 0 Å². The van der Waals surface area contributed by atoms with E-state index in [9.17, 15) is 30.8 Å². The second kappa shape index (κ2) is 10.9. The van der Waals surface area contributed by atoms with Gasteiger partial charge in [0.2, 0.25) is 0 Å². The van der Waals surface area contributed by atoms with Gasteiger partial charge < -0.3 is 9.47 Å². The number of halogens is 4. The molecule has 0 saturated heterocycles. The minimum atomic E-state index is -6.23. The fraction of sp³-hybridized carbons (Fsp3) is 0.842. The molecule has 0 spiro atoms. The summed E-state index contributed by atoms with van der Waals surface area (Å²) in [5, 5.41) is -5.56. The minimum absolute atomic E-state index is 0.0570. The maximum atomic E-state index is 13.3. The Morgan fingerprint density at radius 3 is 2.13 bits per heavy atom. The van der Waals surface area contributed by atoms with Crippen molar-refractivity contribution in [2.75, 3.05) is 13.2 Å². The molecule has 1 N–H and O–H groups in total. The summed E-state index contributed by atoms with van der Waals surface area (Å²) in [7, 11) is -6.23. The molecule has 176 valence electrons. The lowest BCUT2D eigenvalue weighted by Crippen LogP contribution is -2.46. The van der Waals surface area contributed by atoms with Gasteiger partial charge in [-0.2, -0.15) is 26.0 Å². The first-order chi connectivity index (χ1) is 13.7. The molecule has 0 radical (unpaired) electrons. The minimum Gasteiger partial charge on any atom is -0.456 e. The van der Waals surface area contributed by atoms with Crippen LogP contribution in [0.4, 0.5) is 17.6 Å². The Bertz CT molecular complexity index is 685. The molecule has 1 aliphatic carbocycles. The highest BCUT2D eigenvalue weighted by molar-refractivity contribution is 7.87. The Morgan fingerprint density at radius 2 is 1.60 bits per heavy atom. The van der Waals surface area contributed by atoms with Crippen LogP contribution in [0, 0.1) is 0 Å². The molecule has 30 heavy (non-hydrogen) atoms. The topological polar surface area (TPSA) is 89.9 Å². The van der Waals surface area contributed by atoms with Crippen LogP contribution in [-0.4, -0.2) is 48.9 Å². The van der Waals surface area contributed by atoms with Crippen LogP contribution in [0.2, 0.25) is 0 Å². The standard InChI is InChI=1S/C19H30F4O6S/c1-15(16(24)29-17(2)10-6-4-3-5-7-11-17)14-28-13-9-8-12-18(20,21)19(22,23)30(25,26)27/h1,3-14H2,2H3,(H,25,26,27). The Balaban J connectivity index is 2.33. The van der Waals surface area contributed by atoms with Crippen LogP contribution in [0.5, 0.6) is 0 Å². The van der Waals surface area contributed by atoms with E-state index < -0.39 is 45.7 Å². The van der Waals surface area contributed by atoms with Crippen LogP contribution in [0.25, 0.3) is 0 Å². The molecule has 11 heteroatoms. The van der Waals surface area contributed by atoms with E-state index in [1.807, 2.05) is 6.92 Å². The summed E-state index contributed by atoms with van der Waals surface area (Å²) in [5.74, 6) is -5.52. The van der Waals surface area contributed by atoms with E-state index in [1.54, 1.807) is 0 Å². The molecule has 0 unspecified atom stereocenters. The van der Waals surface area contributed by atoms with Crippen molar-refractivity contribution in [1.82, 2.24) is 0 Å². The fourth-order valence-electron chi connectivity index (χ4n) is 3.19. The third kappa shape index (κ3) is 7.81. The molecule has 0 heterocycles. The number of unbranched alkanes of at least 4 members (excludes halogenated alkanes) is 1. The van der Waals surface area contributed by atoms with Gasteiger partial charge in [0.15, 0.2) is 0 Å². The van der Waals surface area contributed by atoms with Gasteiger partial charge in [-0.05, 0) is 45.4 Å². The first kappa shape index (κ1) is 26.8. The molecule has 0 aromatic rings. The van der Waals surface area contributed by atoms with Crippen molar-refractivity contribution in [2.24, 2.45) is 0 Å². The molecule has 6 nitrogen and oxygen atoms in total. The van der Waals surface area contributed by atoms with Crippen molar-refractivity contribution in [1.29, 1.82) is 0 Å². The lowest BCUT2D eigenvalue weighted by atomic mass is 9.88. The molecular weight excluding hydrogens is 432 g/mol. The average Bonchev–Trinajstić information content (AvgIpc) is 2.60. The summed E-state index contributed by atoms with van der Waals surface area (Å²) in [6.45, 7) is 5.15. The number of alkyl halides is 4. The molecule has 0 atom stereocenters. The van der Waals surface area contributed by atoms with E-state index >= 15 is 0 Å². The predicted octanol–water partition coefficient (Wildman–Crippen LogP) is 4.89. The van der Waals surface area contributed by atoms with Crippen molar-refractivity contribution in [3.63, 3.8) is 0 Å². The zero-order valence-corrected chi connectivity index (χ0v) is 17.9. The highest BCUT2D eigenvalue weighted by Crippen LogP contribution is 2.41. The van der Waals surface area contributed by atoms with Crippen LogP contribution in [0.1, 0.15) is 71.1 Å². The van der Waals surface area contributed by atoms with Crippen molar-refractivity contribution >= 4 is 16.1 Å². The zero-order chi connectivity index (χ0) is 23.1. The van der Waals surface area contributed by atoms with E-state index in [1.165, 1.54) is 6.42 Å². The largest absolute Gasteiger partial charge is 0.456 e. The van der Waals surface area contributed by atoms with Crippen LogP contribution in [0.15, 0.2) is 12.2 Å². The summed E-state index contributed by atoms with van der Waals surface area (Å²) < 4.78 is 92.7. The molecule has 1 saturated carbocycles. The van der Waals surface area contributed by atoms with E-state index in [2.05, 4.69) is 6.58 Å². The number of hydrogen-bond acceptors (Lipinski definition) is 5. The SMILES string of the molecule is C=C(COCCCCC(F)(F)C(F)(F)S(=O)(=O)O)C(=O)OC1(C)CCCCCCC1. The van der Waals surface area contributed by atoms with Gasteiger partial charge in [0.1, 0.15) is 5.60 Å². The second-order valence-corrected chi connectivity index (χ2v) is 9.38. The first-order valence-electron chi connectivity index (χ1n) is 9.93. The number of ether oxygens (including phenoxy) is 2. The maximum absolute atomic E-state index is 13.3. The Hall–Kier alpha value is -1.20.